The Kier molecular flexibility index (Phi) is 8.65. The van der Waals surface area contributed by atoms with Gasteiger partial charge in [0.2, 0.25) is 0 Å². The molecule has 0 spiro atoms. The van der Waals surface area contributed by atoms with Crippen molar-refractivity contribution >= 4 is 12.2 Å². The number of aryl methyl sites for hydroxylation is 1. The maximum atomic E-state index is 10.6. The molecular formula is C21H27N3O4. The second-order valence-electron chi connectivity index (χ2n) is 5.92. The van der Waals surface area contributed by atoms with Crippen LogP contribution in [0.3, 0.4) is 0 Å². The first-order chi connectivity index (χ1) is 13.6. The molecule has 0 unspecified atom stereocenters. The highest BCUT2D eigenvalue weighted by Gasteiger charge is 2.06. The summed E-state index contributed by atoms with van der Waals surface area (Å²) in [5, 5.41) is 3.74. The molecule has 7 heteroatoms. The van der Waals surface area contributed by atoms with Crippen molar-refractivity contribution in [3.8, 4) is 17.2 Å². The summed E-state index contributed by atoms with van der Waals surface area (Å²) in [6.45, 7) is 5.61. The molecule has 0 bridgehead atoms. The molecule has 0 radical (unpaired) electrons. The largest absolute Gasteiger partial charge is 0.493 e. The fraction of sp³-hybridized carbons (Fsp3) is 0.333. The first kappa shape index (κ1) is 21.1. The van der Waals surface area contributed by atoms with E-state index in [1.165, 1.54) is 11.8 Å². The van der Waals surface area contributed by atoms with Crippen LogP contribution in [0.15, 0.2) is 47.6 Å². The van der Waals surface area contributed by atoms with E-state index < -0.39 is 6.03 Å². The number of benzene rings is 2. The van der Waals surface area contributed by atoms with Crippen LogP contribution in [-0.2, 0) is 6.42 Å². The molecule has 150 valence electrons. The average Bonchev–Trinajstić information content (AvgIpc) is 2.69. The number of hydrazone groups is 1. The molecule has 2 rings (SSSR count). The maximum absolute atomic E-state index is 10.6. The van der Waals surface area contributed by atoms with E-state index in [4.69, 9.17) is 19.9 Å². The third-order valence-electron chi connectivity index (χ3n) is 3.80. The minimum atomic E-state index is -0.718. The molecule has 0 saturated heterocycles. The molecule has 3 N–H and O–H groups in total. The zero-order valence-electron chi connectivity index (χ0n) is 16.3. The molecule has 0 aromatic heterocycles. The molecule has 28 heavy (non-hydrogen) atoms. The number of nitrogens with zero attached hydrogens (tertiary/aromatic N) is 1. The lowest BCUT2D eigenvalue weighted by atomic mass is 10.2. The van der Waals surface area contributed by atoms with Gasteiger partial charge in [-0.05, 0) is 54.8 Å². The summed E-state index contributed by atoms with van der Waals surface area (Å²) in [5.74, 6) is 2.12. The summed E-state index contributed by atoms with van der Waals surface area (Å²) in [5.41, 5.74) is 9.16. The minimum Gasteiger partial charge on any atom is -0.493 e. The fourth-order valence-electron chi connectivity index (χ4n) is 2.42. The predicted octanol–water partition coefficient (Wildman–Crippen LogP) is 3.50. The van der Waals surface area contributed by atoms with Crippen LogP contribution in [0.5, 0.6) is 17.2 Å². The lowest BCUT2D eigenvalue weighted by Gasteiger charge is -2.13. The van der Waals surface area contributed by atoms with Crippen molar-refractivity contribution in [2.75, 3.05) is 19.8 Å². The Bertz CT molecular complexity index is 776. The number of urea groups is 1. The van der Waals surface area contributed by atoms with Gasteiger partial charge in [0, 0.05) is 6.42 Å². The zero-order valence-corrected chi connectivity index (χ0v) is 16.3. The summed E-state index contributed by atoms with van der Waals surface area (Å²) in [7, 11) is 0. The van der Waals surface area contributed by atoms with E-state index >= 15 is 0 Å². The van der Waals surface area contributed by atoms with Gasteiger partial charge in [0.15, 0.2) is 11.5 Å². The molecule has 0 atom stereocenters. The Balaban J connectivity index is 1.82. The van der Waals surface area contributed by atoms with E-state index in [0.29, 0.717) is 31.3 Å². The molecule has 2 aromatic carbocycles. The molecule has 2 amide bonds. The molecule has 0 aliphatic heterocycles. The van der Waals surface area contributed by atoms with Crippen molar-refractivity contribution in [2.24, 2.45) is 10.8 Å². The molecule has 0 heterocycles. The summed E-state index contributed by atoms with van der Waals surface area (Å²) >= 11 is 0. The third-order valence-corrected chi connectivity index (χ3v) is 3.80. The van der Waals surface area contributed by atoms with E-state index in [1.54, 1.807) is 12.1 Å². The van der Waals surface area contributed by atoms with Crippen LogP contribution >= 0.6 is 0 Å². The highest BCUT2D eigenvalue weighted by Crippen LogP contribution is 2.28. The molecular weight excluding hydrogens is 358 g/mol. The Morgan fingerprint density at radius 1 is 1.04 bits per heavy atom. The van der Waals surface area contributed by atoms with Gasteiger partial charge >= 0.3 is 6.03 Å². The number of carbonyl (C=O) groups excluding carboxylic acids is 1. The quantitative estimate of drug-likeness (QED) is 0.352. The fourth-order valence-corrected chi connectivity index (χ4v) is 2.42. The van der Waals surface area contributed by atoms with Gasteiger partial charge in [0.05, 0.1) is 26.0 Å². The summed E-state index contributed by atoms with van der Waals surface area (Å²) in [6, 6.07) is 12.8. The van der Waals surface area contributed by atoms with Gasteiger partial charge in [-0.1, -0.05) is 19.1 Å². The number of hydrogen-bond acceptors (Lipinski definition) is 5. The summed E-state index contributed by atoms with van der Waals surface area (Å²) in [4.78, 5) is 10.6. The molecule has 0 fully saturated rings. The average molecular weight is 385 g/mol. The van der Waals surface area contributed by atoms with Gasteiger partial charge in [-0.3, -0.25) is 0 Å². The number of rotatable bonds is 11. The van der Waals surface area contributed by atoms with Crippen LogP contribution in [0, 0.1) is 0 Å². The Morgan fingerprint density at radius 3 is 2.46 bits per heavy atom. The first-order valence-electron chi connectivity index (χ1n) is 9.32. The number of ether oxygens (including phenoxy) is 3. The number of hydrogen-bond donors (Lipinski definition) is 2. The Morgan fingerprint density at radius 2 is 1.79 bits per heavy atom. The number of nitrogens with one attached hydrogen (secondary N) is 1. The second-order valence-corrected chi connectivity index (χ2v) is 5.92. The van der Waals surface area contributed by atoms with Crippen molar-refractivity contribution in [3.63, 3.8) is 0 Å². The number of amides is 2. The highest BCUT2D eigenvalue weighted by atomic mass is 16.5. The van der Waals surface area contributed by atoms with Crippen molar-refractivity contribution in [1.29, 1.82) is 0 Å². The summed E-state index contributed by atoms with van der Waals surface area (Å²) < 4.78 is 17.2. The van der Waals surface area contributed by atoms with Crippen LogP contribution in [0.1, 0.15) is 31.4 Å². The van der Waals surface area contributed by atoms with Crippen LogP contribution in [0.25, 0.3) is 0 Å². The van der Waals surface area contributed by atoms with Gasteiger partial charge in [-0.2, -0.15) is 5.10 Å². The van der Waals surface area contributed by atoms with Crippen LogP contribution < -0.4 is 25.4 Å². The smallest absolute Gasteiger partial charge is 0.332 e. The first-order valence-corrected chi connectivity index (χ1v) is 9.32. The van der Waals surface area contributed by atoms with Crippen LogP contribution in [0.2, 0.25) is 0 Å². The third kappa shape index (κ3) is 7.19. The van der Waals surface area contributed by atoms with Gasteiger partial charge in [-0.25, -0.2) is 10.2 Å². The molecule has 0 aliphatic carbocycles. The minimum absolute atomic E-state index is 0.504. The standard InChI is InChI=1S/C21H27N3O4/c1-3-16-6-9-18(10-7-16)27-12-5-13-28-19-11-8-17(14-20(19)26-4-2)15-23-24-21(22)25/h6-11,14-15H,3-5,12-13H2,1-2H3,(H3,22,24,25). The SMILES string of the molecule is CCOc1cc(C=NNC(N)=O)ccc1OCCCOc1ccc(CC)cc1. The van der Waals surface area contributed by atoms with Gasteiger partial charge in [0.1, 0.15) is 5.75 Å². The summed E-state index contributed by atoms with van der Waals surface area (Å²) in [6.07, 6.45) is 3.24. The lowest BCUT2D eigenvalue weighted by molar-refractivity contribution is 0.236. The zero-order chi connectivity index (χ0) is 20.2. The van der Waals surface area contributed by atoms with E-state index in [1.807, 2.05) is 25.1 Å². The topological polar surface area (TPSA) is 95.2 Å². The van der Waals surface area contributed by atoms with Crippen molar-refractivity contribution < 1.29 is 19.0 Å². The molecule has 0 saturated carbocycles. The van der Waals surface area contributed by atoms with Crippen LogP contribution in [0.4, 0.5) is 4.79 Å². The van der Waals surface area contributed by atoms with E-state index in [2.05, 4.69) is 29.6 Å². The van der Waals surface area contributed by atoms with Crippen molar-refractivity contribution in [3.05, 3.63) is 53.6 Å². The monoisotopic (exact) mass is 385 g/mol. The molecule has 7 nitrogen and oxygen atoms in total. The number of carbonyl (C=O) groups is 1. The predicted molar refractivity (Wildman–Crippen MR) is 109 cm³/mol. The van der Waals surface area contributed by atoms with E-state index in [9.17, 15) is 4.79 Å². The normalized spacial score (nSPS) is 10.6. The number of primary amides is 1. The van der Waals surface area contributed by atoms with Crippen molar-refractivity contribution in [1.82, 2.24) is 5.43 Å². The Labute approximate surface area is 165 Å². The Hall–Kier alpha value is -3.22. The van der Waals surface area contributed by atoms with Crippen LogP contribution in [-0.4, -0.2) is 32.1 Å². The van der Waals surface area contributed by atoms with Gasteiger partial charge in [0.25, 0.3) is 0 Å². The maximum Gasteiger partial charge on any atom is 0.332 e. The van der Waals surface area contributed by atoms with E-state index in [0.717, 1.165) is 24.2 Å². The second kappa shape index (κ2) is 11.5. The highest BCUT2D eigenvalue weighted by molar-refractivity contribution is 5.82. The van der Waals surface area contributed by atoms with Gasteiger partial charge in [-0.15, -0.1) is 0 Å². The number of nitrogens with two attached hydrogens (primary N) is 1. The molecule has 0 aliphatic rings. The van der Waals surface area contributed by atoms with Gasteiger partial charge < -0.3 is 19.9 Å². The van der Waals surface area contributed by atoms with Crippen molar-refractivity contribution in [2.45, 2.75) is 26.7 Å². The van der Waals surface area contributed by atoms with E-state index in [-0.39, 0.29) is 0 Å². The lowest BCUT2D eigenvalue weighted by Crippen LogP contribution is -2.24. The molecule has 2 aromatic rings.